The Morgan fingerprint density at radius 3 is 2.72 bits per heavy atom. The molecule has 4 heterocycles. The lowest BCUT2D eigenvalue weighted by atomic mass is 10.0. The third-order valence-corrected chi connectivity index (χ3v) is 8.17. The highest BCUT2D eigenvalue weighted by molar-refractivity contribution is 7.08. The van der Waals surface area contributed by atoms with Gasteiger partial charge in [-0.05, 0) is 91.3 Å². The van der Waals surface area contributed by atoms with E-state index in [1.54, 1.807) is 11.3 Å². The van der Waals surface area contributed by atoms with Crippen molar-refractivity contribution in [2.45, 2.75) is 25.4 Å². The van der Waals surface area contributed by atoms with E-state index in [1.807, 2.05) is 23.6 Å². The molecule has 2 aromatic heterocycles. The normalized spacial score (nSPS) is 17.8. The van der Waals surface area contributed by atoms with Crippen molar-refractivity contribution in [2.75, 3.05) is 50.5 Å². The first kappa shape index (κ1) is 23.2. The molecule has 36 heavy (non-hydrogen) atoms. The average molecular weight is 501 g/mol. The SMILES string of the molecule is CN1CCN(C)c2ccc(-c3n[nH]c4ccc(NC(=O)C(c5ccsc5)N5CCCC5)cc34)cc2C1. The first-order chi connectivity index (χ1) is 17.6. The van der Waals surface area contributed by atoms with Gasteiger partial charge in [-0.25, -0.2) is 0 Å². The van der Waals surface area contributed by atoms with Gasteiger partial charge >= 0.3 is 0 Å². The van der Waals surface area contributed by atoms with E-state index in [0.29, 0.717) is 0 Å². The van der Waals surface area contributed by atoms with Crippen LogP contribution in [0.4, 0.5) is 11.4 Å². The van der Waals surface area contributed by atoms with Gasteiger partial charge < -0.3 is 15.1 Å². The molecule has 2 aromatic carbocycles. The molecule has 0 aliphatic carbocycles. The van der Waals surface area contributed by atoms with Crippen LogP contribution >= 0.6 is 11.3 Å². The van der Waals surface area contributed by atoms with Gasteiger partial charge in [0.2, 0.25) is 5.91 Å². The second-order valence-electron chi connectivity index (χ2n) is 10.0. The minimum atomic E-state index is -0.253. The lowest BCUT2D eigenvalue weighted by Crippen LogP contribution is -2.35. The number of carbonyl (C=O) groups excluding carboxylic acids is 1. The van der Waals surface area contributed by atoms with Crippen LogP contribution in [0, 0.1) is 0 Å². The Bertz CT molecular complexity index is 1370. The van der Waals surface area contributed by atoms with Crippen molar-refractivity contribution in [3.05, 3.63) is 64.4 Å². The Morgan fingerprint density at radius 1 is 1.06 bits per heavy atom. The first-order valence-corrected chi connectivity index (χ1v) is 13.6. The molecule has 1 atom stereocenters. The smallest absolute Gasteiger partial charge is 0.246 e. The summed E-state index contributed by atoms with van der Waals surface area (Å²) in [7, 11) is 4.32. The van der Waals surface area contributed by atoms with Gasteiger partial charge in [0.25, 0.3) is 0 Å². The van der Waals surface area contributed by atoms with Crippen molar-refractivity contribution >= 4 is 39.5 Å². The Kier molecular flexibility index (Phi) is 6.25. The number of fused-ring (bicyclic) bond motifs is 2. The monoisotopic (exact) mass is 500 g/mol. The molecule has 0 radical (unpaired) electrons. The van der Waals surface area contributed by atoms with Crippen LogP contribution < -0.4 is 10.2 Å². The van der Waals surface area contributed by atoms with Crippen molar-refractivity contribution in [3.8, 4) is 11.3 Å². The quantitative estimate of drug-likeness (QED) is 0.406. The second-order valence-corrected chi connectivity index (χ2v) is 10.8. The molecule has 1 unspecified atom stereocenters. The largest absolute Gasteiger partial charge is 0.373 e. The summed E-state index contributed by atoms with van der Waals surface area (Å²) in [6, 6.07) is 14.4. The zero-order chi connectivity index (χ0) is 24.6. The lowest BCUT2D eigenvalue weighted by Gasteiger charge is -2.26. The van der Waals surface area contributed by atoms with E-state index in [0.717, 1.165) is 79.0 Å². The summed E-state index contributed by atoms with van der Waals surface area (Å²) < 4.78 is 0. The number of likely N-dealkylation sites (tertiary alicyclic amines) is 1. The third kappa shape index (κ3) is 4.40. The molecular formula is C28H32N6OS. The number of anilines is 2. The molecule has 7 nitrogen and oxygen atoms in total. The zero-order valence-corrected chi connectivity index (χ0v) is 21.6. The number of aromatic nitrogens is 2. The predicted molar refractivity (Wildman–Crippen MR) is 148 cm³/mol. The van der Waals surface area contributed by atoms with E-state index in [2.05, 4.69) is 74.0 Å². The fourth-order valence-corrected chi connectivity index (χ4v) is 6.20. The van der Waals surface area contributed by atoms with Gasteiger partial charge in [0.1, 0.15) is 6.04 Å². The molecular weight excluding hydrogens is 468 g/mol. The van der Waals surface area contributed by atoms with Crippen molar-refractivity contribution in [2.24, 2.45) is 0 Å². The van der Waals surface area contributed by atoms with Crippen LogP contribution in [0.5, 0.6) is 0 Å². The maximum Gasteiger partial charge on any atom is 0.246 e. The summed E-state index contributed by atoms with van der Waals surface area (Å²) in [5.74, 6) is 0.0239. The summed E-state index contributed by atoms with van der Waals surface area (Å²) in [6.45, 7) is 4.89. The summed E-state index contributed by atoms with van der Waals surface area (Å²) in [5.41, 5.74) is 7.40. The summed E-state index contributed by atoms with van der Waals surface area (Å²) in [5, 5.41) is 16.2. The van der Waals surface area contributed by atoms with Gasteiger partial charge in [-0.15, -0.1) is 0 Å². The van der Waals surface area contributed by atoms with Gasteiger partial charge in [-0.3, -0.25) is 14.8 Å². The van der Waals surface area contributed by atoms with E-state index in [4.69, 9.17) is 0 Å². The molecule has 2 N–H and O–H groups in total. The molecule has 1 saturated heterocycles. The highest BCUT2D eigenvalue weighted by atomic mass is 32.1. The third-order valence-electron chi connectivity index (χ3n) is 7.47. The highest BCUT2D eigenvalue weighted by Crippen LogP contribution is 2.34. The second kappa shape index (κ2) is 9.69. The molecule has 2 aliphatic heterocycles. The van der Waals surface area contributed by atoms with Crippen LogP contribution in [-0.4, -0.2) is 66.2 Å². The van der Waals surface area contributed by atoms with Crippen LogP contribution in [0.15, 0.2) is 53.2 Å². The number of likely N-dealkylation sites (N-methyl/N-ethyl adjacent to an activating group) is 2. The van der Waals surface area contributed by atoms with E-state index >= 15 is 0 Å². The number of hydrogen-bond acceptors (Lipinski definition) is 6. The van der Waals surface area contributed by atoms with Gasteiger partial charge in [0.15, 0.2) is 0 Å². The Labute approximate surface area is 215 Å². The van der Waals surface area contributed by atoms with Gasteiger partial charge in [0.05, 0.1) is 11.2 Å². The Morgan fingerprint density at radius 2 is 1.92 bits per heavy atom. The summed E-state index contributed by atoms with van der Waals surface area (Å²) in [6.07, 6.45) is 2.29. The van der Waals surface area contributed by atoms with Crippen molar-refractivity contribution in [1.29, 1.82) is 0 Å². The number of hydrogen-bond donors (Lipinski definition) is 2. The Hall–Kier alpha value is -3.20. The van der Waals surface area contributed by atoms with Crippen LogP contribution in [0.1, 0.15) is 30.0 Å². The Balaban J connectivity index is 1.31. The van der Waals surface area contributed by atoms with Crippen LogP contribution in [-0.2, 0) is 11.3 Å². The minimum Gasteiger partial charge on any atom is -0.373 e. The lowest BCUT2D eigenvalue weighted by molar-refractivity contribution is -0.121. The van der Waals surface area contributed by atoms with E-state index in [1.165, 1.54) is 11.3 Å². The van der Waals surface area contributed by atoms with Gasteiger partial charge in [0, 0.05) is 49.0 Å². The van der Waals surface area contributed by atoms with E-state index in [-0.39, 0.29) is 11.9 Å². The number of thiophene rings is 1. The zero-order valence-electron chi connectivity index (χ0n) is 20.8. The maximum absolute atomic E-state index is 13.5. The molecule has 0 saturated carbocycles. The van der Waals surface area contributed by atoms with Gasteiger partial charge in [-0.1, -0.05) is 6.07 Å². The molecule has 1 fully saturated rings. The molecule has 6 rings (SSSR count). The van der Waals surface area contributed by atoms with E-state index < -0.39 is 0 Å². The molecule has 4 aromatic rings. The number of nitrogens with one attached hydrogen (secondary N) is 2. The van der Waals surface area contributed by atoms with Crippen LogP contribution in [0.3, 0.4) is 0 Å². The van der Waals surface area contributed by atoms with Crippen LogP contribution in [0.25, 0.3) is 22.2 Å². The first-order valence-electron chi connectivity index (χ1n) is 12.6. The topological polar surface area (TPSA) is 67.5 Å². The molecule has 0 bridgehead atoms. The molecule has 8 heteroatoms. The number of aromatic amines is 1. The summed E-state index contributed by atoms with van der Waals surface area (Å²) >= 11 is 1.64. The van der Waals surface area contributed by atoms with Crippen molar-refractivity contribution < 1.29 is 4.79 Å². The van der Waals surface area contributed by atoms with Gasteiger partial charge in [-0.2, -0.15) is 16.4 Å². The van der Waals surface area contributed by atoms with E-state index in [9.17, 15) is 4.79 Å². The summed E-state index contributed by atoms with van der Waals surface area (Å²) in [4.78, 5) is 20.5. The van der Waals surface area contributed by atoms with Crippen molar-refractivity contribution in [3.63, 3.8) is 0 Å². The molecule has 2 aliphatic rings. The minimum absolute atomic E-state index is 0.0239. The average Bonchev–Trinajstić information content (AvgIpc) is 3.64. The number of benzene rings is 2. The number of carbonyl (C=O) groups is 1. The number of rotatable bonds is 5. The van der Waals surface area contributed by atoms with Crippen LogP contribution in [0.2, 0.25) is 0 Å². The fourth-order valence-electron chi connectivity index (χ4n) is 5.52. The number of amides is 1. The standard InChI is InChI=1S/C28H32N6OS/c1-32-12-13-33(2)25-8-5-19(15-21(25)17-32)26-23-16-22(6-7-24(23)30-31-26)29-28(35)27(20-9-14-36-18-20)34-10-3-4-11-34/h5-9,14-16,18,27H,3-4,10-13,17H2,1-2H3,(H,29,35)(H,30,31). The van der Waals surface area contributed by atoms with Crippen molar-refractivity contribution in [1.82, 2.24) is 20.0 Å². The number of nitrogens with zero attached hydrogens (tertiary/aromatic N) is 4. The maximum atomic E-state index is 13.5. The molecule has 0 spiro atoms. The fraction of sp³-hybridized carbons (Fsp3) is 0.357. The predicted octanol–water partition coefficient (Wildman–Crippen LogP) is 4.95. The molecule has 1 amide bonds. The molecule has 186 valence electrons. The highest BCUT2D eigenvalue weighted by Gasteiger charge is 2.30. The number of H-pyrrole nitrogens is 1.